The topological polar surface area (TPSA) is 51.2 Å². The molecule has 0 unspecified atom stereocenters. The predicted octanol–water partition coefficient (Wildman–Crippen LogP) is 4.92. The number of aromatic nitrogens is 1. The first-order valence-corrected chi connectivity index (χ1v) is 9.15. The number of hydrogen-bond donors (Lipinski definition) is 1. The van der Waals surface area contributed by atoms with Crippen LogP contribution in [0.3, 0.4) is 0 Å². The highest BCUT2D eigenvalue weighted by molar-refractivity contribution is 5.96. The van der Waals surface area contributed by atoms with Crippen LogP contribution in [0.5, 0.6) is 5.75 Å². The molecule has 0 radical (unpaired) electrons. The molecule has 1 heterocycles. The van der Waals surface area contributed by atoms with Crippen LogP contribution >= 0.6 is 0 Å². The first kappa shape index (κ1) is 21.1. The van der Waals surface area contributed by atoms with Crippen LogP contribution in [0.25, 0.3) is 5.57 Å². The van der Waals surface area contributed by atoms with Crippen LogP contribution in [-0.2, 0) is 17.9 Å². The molecule has 0 saturated heterocycles. The molecule has 2 aromatic carbocycles. The van der Waals surface area contributed by atoms with E-state index in [1.54, 1.807) is 36.5 Å². The maximum absolute atomic E-state index is 13.3. The van der Waals surface area contributed by atoms with E-state index < -0.39 is 17.7 Å². The molecule has 1 amide bonds. The molecule has 154 valence electrons. The number of nitrogens with one attached hydrogen (secondary N) is 1. The van der Waals surface area contributed by atoms with Crippen LogP contribution in [0.2, 0.25) is 0 Å². The van der Waals surface area contributed by atoms with Crippen molar-refractivity contribution in [3.63, 3.8) is 0 Å². The zero-order chi connectivity index (χ0) is 21.4. The molecule has 0 bridgehead atoms. The van der Waals surface area contributed by atoms with Gasteiger partial charge in [-0.3, -0.25) is 9.78 Å². The van der Waals surface area contributed by atoms with Gasteiger partial charge in [-0.15, -0.1) is 0 Å². The molecule has 1 N–H and O–H groups in total. The maximum Gasteiger partial charge on any atom is 0.417 e. The molecule has 30 heavy (non-hydrogen) atoms. The van der Waals surface area contributed by atoms with E-state index in [-0.39, 0.29) is 18.7 Å². The Morgan fingerprint density at radius 2 is 1.77 bits per heavy atom. The average Bonchev–Trinajstić information content (AvgIpc) is 2.75. The quantitative estimate of drug-likeness (QED) is 0.561. The SMILES string of the molecule is O=C(/C=C(/c1ccccc1)C(F)(F)F)NCc1cccc(OCc2ccccn2)c1. The third-order valence-corrected chi connectivity index (χ3v) is 4.14. The maximum atomic E-state index is 13.3. The number of ether oxygens (including phenoxy) is 1. The van der Waals surface area contributed by atoms with Crippen molar-refractivity contribution >= 4 is 11.5 Å². The summed E-state index contributed by atoms with van der Waals surface area (Å²) in [5.41, 5.74) is 0.406. The molecular formula is C23H19F3N2O2. The van der Waals surface area contributed by atoms with Crippen LogP contribution < -0.4 is 10.1 Å². The molecule has 0 fully saturated rings. The minimum Gasteiger partial charge on any atom is -0.487 e. The fourth-order valence-corrected chi connectivity index (χ4v) is 2.70. The average molecular weight is 412 g/mol. The Hall–Kier alpha value is -3.61. The van der Waals surface area contributed by atoms with Crippen LogP contribution in [0.4, 0.5) is 13.2 Å². The number of allylic oxidation sites excluding steroid dienone is 1. The molecular weight excluding hydrogens is 393 g/mol. The number of amides is 1. The minimum absolute atomic E-state index is 0.0648. The van der Waals surface area contributed by atoms with E-state index in [9.17, 15) is 18.0 Å². The van der Waals surface area contributed by atoms with Gasteiger partial charge in [-0.05, 0) is 35.4 Å². The summed E-state index contributed by atoms with van der Waals surface area (Å²) in [5.74, 6) is -0.255. The van der Waals surface area contributed by atoms with E-state index in [4.69, 9.17) is 4.74 Å². The van der Waals surface area contributed by atoms with E-state index in [1.165, 1.54) is 24.3 Å². The Kier molecular flexibility index (Phi) is 6.85. The molecule has 3 aromatic rings. The summed E-state index contributed by atoms with van der Waals surface area (Å²) >= 11 is 0. The second-order valence-corrected chi connectivity index (χ2v) is 6.40. The molecule has 1 aromatic heterocycles. The number of nitrogens with zero attached hydrogens (tertiary/aromatic N) is 1. The van der Waals surface area contributed by atoms with Crippen LogP contribution in [0.15, 0.2) is 85.1 Å². The lowest BCUT2D eigenvalue weighted by atomic mass is 10.1. The highest BCUT2D eigenvalue weighted by Crippen LogP contribution is 2.33. The highest BCUT2D eigenvalue weighted by atomic mass is 19.4. The molecule has 0 saturated carbocycles. The predicted molar refractivity (Wildman–Crippen MR) is 107 cm³/mol. The van der Waals surface area contributed by atoms with E-state index in [0.717, 1.165) is 5.69 Å². The number of alkyl halides is 3. The van der Waals surface area contributed by atoms with Gasteiger partial charge in [-0.2, -0.15) is 13.2 Å². The summed E-state index contributed by atoms with van der Waals surface area (Å²) < 4.78 is 45.7. The monoisotopic (exact) mass is 412 g/mol. The van der Waals surface area contributed by atoms with Crippen LogP contribution in [-0.4, -0.2) is 17.1 Å². The lowest BCUT2D eigenvalue weighted by Gasteiger charge is -2.12. The van der Waals surface area contributed by atoms with Crippen molar-refractivity contribution in [1.29, 1.82) is 0 Å². The Labute approximate surface area is 172 Å². The first-order chi connectivity index (χ1) is 14.4. The van der Waals surface area contributed by atoms with E-state index >= 15 is 0 Å². The molecule has 4 nitrogen and oxygen atoms in total. The van der Waals surface area contributed by atoms with Gasteiger partial charge in [0.2, 0.25) is 5.91 Å². The summed E-state index contributed by atoms with van der Waals surface area (Å²) in [6.07, 6.45) is -2.39. The fraction of sp³-hybridized carbons (Fsp3) is 0.130. The van der Waals surface area contributed by atoms with Crippen LogP contribution in [0.1, 0.15) is 16.8 Å². The van der Waals surface area contributed by atoms with Gasteiger partial charge >= 0.3 is 6.18 Å². The molecule has 0 atom stereocenters. The second kappa shape index (κ2) is 9.73. The van der Waals surface area contributed by atoms with Crippen molar-refractivity contribution in [1.82, 2.24) is 10.3 Å². The number of carbonyl (C=O) groups is 1. The lowest BCUT2D eigenvalue weighted by molar-refractivity contribution is -0.117. The summed E-state index contributed by atoms with van der Waals surface area (Å²) in [4.78, 5) is 16.3. The minimum atomic E-state index is -4.64. The molecule has 7 heteroatoms. The van der Waals surface area contributed by atoms with Crippen molar-refractivity contribution in [3.05, 3.63) is 102 Å². The third kappa shape index (κ3) is 6.20. The Morgan fingerprint density at radius 1 is 1.00 bits per heavy atom. The van der Waals surface area contributed by atoms with Crippen LogP contribution in [0, 0.1) is 0 Å². The number of rotatable bonds is 7. The smallest absolute Gasteiger partial charge is 0.417 e. The van der Waals surface area contributed by atoms with Gasteiger partial charge in [0.1, 0.15) is 12.4 Å². The Morgan fingerprint density at radius 3 is 2.47 bits per heavy atom. The van der Waals surface area contributed by atoms with Gasteiger partial charge in [0.05, 0.1) is 11.3 Å². The number of halogens is 3. The summed E-state index contributed by atoms with van der Waals surface area (Å²) in [5, 5.41) is 2.49. The Balaban J connectivity index is 1.63. The molecule has 3 rings (SSSR count). The largest absolute Gasteiger partial charge is 0.487 e. The van der Waals surface area contributed by atoms with Gasteiger partial charge in [0, 0.05) is 18.8 Å². The zero-order valence-corrected chi connectivity index (χ0v) is 15.9. The van der Waals surface area contributed by atoms with Crippen molar-refractivity contribution in [2.24, 2.45) is 0 Å². The van der Waals surface area contributed by atoms with Crippen molar-refractivity contribution in [2.45, 2.75) is 19.3 Å². The fourth-order valence-electron chi connectivity index (χ4n) is 2.70. The number of carbonyl (C=O) groups excluding carboxylic acids is 1. The van der Waals surface area contributed by atoms with Crippen molar-refractivity contribution < 1.29 is 22.7 Å². The van der Waals surface area contributed by atoms with Gasteiger partial charge in [0.15, 0.2) is 0 Å². The summed E-state index contributed by atoms with van der Waals surface area (Å²) in [6, 6.07) is 19.7. The van der Waals surface area contributed by atoms with Crippen molar-refractivity contribution in [2.75, 3.05) is 0 Å². The number of benzene rings is 2. The molecule has 0 spiro atoms. The normalized spacial score (nSPS) is 11.8. The van der Waals surface area contributed by atoms with Gasteiger partial charge in [-0.25, -0.2) is 0 Å². The van der Waals surface area contributed by atoms with E-state index in [0.29, 0.717) is 17.4 Å². The lowest BCUT2D eigenvalue weighted by Crippen LogP contribution is -2.23. The van der Waals surface area contributed by atoms with Gasteiger partial charge in [-0.1, -0.05) is 48.5 Å². The molecule has 0 aliphatic carbocycles. The first-order valence-electron chi connectivity index (χ1n) is 9.15. The summed E-state index contributed by atoms with van der Waals surface area (Å²) in [7, 11) is 0. The molecule has 0 aliphatic rings. The zero-order valence-electron chi connectivity index (χ0n) is 15.9. The Bertz CT molecular complexity index is 1000. The highest BCUT2D eigenvalue weighted by Gasteiger charge is 2.35. The third-order valence-electron chi connectivity index (χ3n) is 4.14. The van der Waals surface area contributed by atoms with Crippen molar-refractivity contribution in [3.8, 4) is 5.75 Å². The van der Waals surface area contributed by atoms with E-state index in [2.05, 4.69) is 10.3 Å². The van der Waals surface area contributed by atoms with E-state index in [1.807, 2.05) is 18.2 Å². The summed E-state index contributed by atoms with van der Waals surface area (Å²) in [6.45, 7) is 0.349. The number of pyridine rings is 1. The molecule has 0 aliphatic heterocycles. The standard InChI is InChI=1S/C23H19F3N2O2/c24-23(25,26)21(18-8-2-1-3-9-18)14-22(29)28-15-17-7-6-11-20(13-17)30-16-19-10-4-5-12-27-19/h1-14H,15-16H2,(H,28,29)/b21-14-. The number of hydrogen-bond acceptors (Lipinski definition) is 3. The van der Waals surface area contributed by atoms with Gasteiger partial charge in [0.25, 0.3) is 0 Å². The second-order valence-electron chi connectivity index (χ2n) is 6.40. The van der Waals surface area contributed by atoms with Gasteiger partial charge < -0.3 is 10.1 Å².